The van der Waals surface area contributed by atoms with Crippen LogP contribution in [0.4, 0.5) is 10.3 Å². The molecule has 0 unspecified atom stereocenters. The van der Waals surface area contributed by atoms with Gasteiger partial charge in [-0.25, -0.2) is 9.37 Å². The molecule has 0 atom stereocenters. The number of rotatable bonds is 3. The van der Waals surface area contributed by atoms with E-state index in [1.54, 1.807) is 10.6 Å². The number of carbonyl (C=O) groups excluding carboxylic acids is 1. The highest BCUT2D eigenvalue weighted by molar-refractivity contribution is 5.78. The summed E-state index contributed by atoms with van der Waals surface area (Å²) in [4.78, 5) is 15.1. The fraction of sp³-hybridized carbons (Fsp3) is 0.273. The summed E-state index contributed by atoms with van der Waals surface area (Å²) in [7, 11) is 1.33. The first kappa shape index (κ1) is 11.4. The number of nitrogens with two attached hydrogens (primary N) is 1. The van der Waals surface area contributed by atoms with Gasteiger partial charge in [0, 0.05) is 12.6 Å². The van der Waals surface area contributed by atoms with Crippen LogP contribution >= 0.6 is 0 Å². The quantitative estimate of drug-likeness (QED) is 0.817. The monoisotopic (exact) mass is 237 g/mol. The van der Waals surface area contributed by atoms with E-state index in [0.717, 1.165) is 0 Å². The highest BCUT2D eigenvalue weighted by Gasteiger charge is 2.10. The lowest BCUT2D eigenvalue weighted by Crippen LogP contribution is -2.09. The van der Waals surface area contributed by atoms with Gasteiger partial charge in [-0.3, -0.25) is 4.79 Å². The Labute approximate surface area is 97.0 Å². The Bertz CT molecular complexity index is 565. The van der Waals surface area contributed by atoms with Gasteiger partial charge in [0.1, 0.15) is 5.82 Å². The largest absolute Gasteiger partial charge is 0.469 e. The van der Waals surface area contributed by atoms with Gasteiger partial charge in [0.15, 0.2) is 0 Å². The molecule has 2 rings (SSSR count). The van der Waals surface area contributed by atoms with E-state index in [-0.39, 0.29) is 24.2 Å². The summed E-state index contributed by atoms with van der Waals surface area (Å²) in [5, 5.41) is 0. The maximum atomic E-state index is 13.0. The molecule has 1 aromatic carbocycles. The minimum atomic E-state index is -0.366. The van der Waals surface area contributed by atoms with Gasteiger partial charge >= 0.3 is 5.97 Å². The van der Waals surface area contributed by atoms with Gasteiger partial charge in [0.25, 0.3) is 0 Å². The fourth-order valence-corrected chi connectivity index (χ4v) is 1.66. The van der Waals surface area contributed by atoms with E-state index in [0.29, 0.717) is 17.6 Å². The smallest absolute Gasteiger partial charge is 0.307 e. The molecule has 0 spiro atoms. The Morgan fingerprint density at radius 3 is 3.06 bits per heavy atom. The molecule has 6 heteroatoms. The van der Waals surface area contributed by atoms with E-state index in [9.17, 15) is 9.18 Å². The van der Waals surface area contributed by atoms with Gasteiger partial charge in [0.05, 0.1) is 24.6 Å². The van der Waals surface area contributed by atoms with Crippen LogP contribution in [-0.2, 0) is 16.1 Å². The number of fused-ring (bicyclic) bond motifs is 1. The molecular formula is C11H12FN3O2. The molecule has 5 nitrogen and oxygen atoms in total. The summed E-state index contributed by atoms with van der Waals surface area (Å²) in [6.45, 7) is 0.362. The molecule has 1 aromatic heterocycles. The molecule has 1 heterocycles. The van der Waals surface area contributed by atoms with Crippen LogP contribution in [0.25, 0.3) is 11.0 Å². The average Bonchev–Trinajstić information content (AvgIpc) is 2.61. The first-order valence-electron chi connectivity index (χ1n) is 5.10. The van der Waals surface area contributed by atoms with Crippen LogP contribution in [-0.4, -0.2) is 22.6 Å². The molecule has 0 fully saturated rings. The lowest BCUT2D eigenvalue weighted by molar-refractivity contribution is -0.140. The summed E-state index contributed by atoms with van der Waals surface area (Å²) >= 11 is 0. The van der Waals surface area contributed by atoms with Gasteiger partial charge in [0.2, 0.25) is 5.95 Å². The molecule has 0 amide bonds. The zero-order valence-electron chi connectivity index (χ0n) is 9.31. The number of carbonyl (C=O) groups is 1. The number of halogens is 1. The SMILES string of the molecule is COC(=O)CCn1c(N)nc2cc(F)ccc21. The Hall–Kier alpha value is -2.11. The predicted molar refractivity (Wildman–Crippen MR) is 60.7 cm³/mol. The third kappa shape index (κ3) is 2.20. The molecule has 0 aliphatic rings. The van der Waals surface area contributed by atoms with Crippen molar-refractivity contribution in [3.8, 4) is 0 Å². The van der Waals surface area contributed by atoms with Crippen LogP contribution in [0.2, 0.25) is 0 Å². The number of ether oxygens (including phenoxy) is 1. The van der Waals surface area contributed by atoms with Crippen molar-refractivity contribution in [2.45, 2.75) is 13.0 Å². The predicted octanol–water partition coefficient (Wildman–Crippen LogP) is 1.32. The number of nitrogen functional groups attached to an aromatic ring is 1. The Kier molecular flexibility index (Phi) is 2.95. The highest BCUT2D eigenvalue weighted by atomic mass is 19.1. The van der Waals surface area contributed by atoms with E-state index in [1.807, 2.05) is 0 Å². The summed E-state index contributed by atoms with van der Waals surface area (Å²) in [5.74, 6) is -0.432. The molecule has 0 aliphatic heterocycles. The first-order chi connectivity index (χ1) is 8.11. The maximum Gasteiger partial charge on any atom is 0.307 e. The van der Waals surface area contributed by atoms with Crippen molar-refractivity contribution in [1.82, 2.24) is 9.55 Å². The van der Waals surface area contributed by atoms with E-state index in [4.69, 9.17) is 5.73 Å². The van der Waals surface area contributed by atoms with Crippen molar-refractivity contribution in [3.63, 3.8) is 0 Å². The van der Waals surface area contributed by atoms with Gasteiger partial charge in [-0.15, -0.1) is 0 Å². The second-order valence-electron chi connectivity index (χ2n) is 3.58. The van der Waals surface area contributed by atoms with Crippen molar-refractivity contribution in [3.05, 3.63) is 24.0 Å². The van der Waals surface area contributed by atoms with Crippen LogP contribution < -0.4 is 5.73 Å². The summed E-state index contributed by atoms with van der Waals surface area (Å²) in [6, 6.07) is 4.23. The van der Waals surface area contributed by atoms with E-state index < -0.39 is 0 Å². The molecule has 2 aromatic rings. The normalized spacial score (nSPS) is 10.7. The molecule has 0 bridgehead atoms. The number of aryl methyl sites for hydroxylation is 1. The minimum Gasteiger partial charge on any atom is -0.469 e. The summed E-state index contributed by atoms with van der Waals surface area (Å²) in [5.41, 5.74) is 6.89. The molecule has 0 saturated heterocycles. The molecule has 0 saturated carbocycles. The summed E-state index contributed by atoms with van der Waals surface area (Å²) in [6.07, 6.45) is 0.198. The number of benzene rings is 1. The number of hydrogen-bond donors (Lipinski definition) is 1. The average molecular weight is 237 g/mol. The number of esters is 1. The number of nitrogens with zero attached hydrogens (tertiary/aromatic N) is 2. The second kappa shape index (κ2) is 4.40. The van der Waals surface area contributed by atoms with Crippen molar-refractivity contribution >= 4 is 23.0 Å². The topological polar surface area (TPSA) is 70.1 Å². The van der Waals surface area contributed by atoms with Crippen LogP contribution in [0, 0.1) is 5.82 Å². The third-order valence-corrected chi connectivity index (χ3v) is 2.51. The number of anilines is 1. The van der Waals surface area contributed by atoms with Gasteiger partial charge < -0.3 is 15.0 Å². The highest BCUT2D eigenvalue weighted by Crippen LogP contribution is 2.19. The zero-order chi connectivity index (χ0) is 12.4. The van der Waals surface area contributed by atoms with Gasteiger partial charge in [-0.05, 0) is 12.1 Å². The Morgan fingerprint density at radius 1 is 1.59 bits per heavy atom. The number of hydrogen-bond acceptors (Lipinski definition) is 4. The summed E-state index contributed by atoms with van der Waals surface area (Å²) < 4.78 is 19.2. The first-order valence-corrected chi connectivity index (χ1v) is 5.10. The van der Waals surface area contributed by atoms with Gasteiger partial charge in [-0.2, -0.15) is 0 Å². The van der Waals surface area contributed by atoms with Crippen molar-refractivity contribution in [2.24, 2.45) is 0 Å². The van der Waals surface area contributed by atoms with E-state index in [1.165, 1.54) is 19.2 Å². The standard InChI is InChI=1S/C11H12FN3O2/c1-17-10(16)4-5-15-9-3-2-7(12)6-8(9)14-11(15)13/h2-3,6H,4-5H2,1H3,(H2,13,14). The maximum absolute atomic E-state index is 13.0. The molecule has 0 radical (unpaired) electrons. The molecule has 2 N–H and O–H groups in total. The lowest BCUT2D eigenvalue weighted by Gasteiger charge is -2.04. The van der Waals surface area contributed by atoms with E-state index >= 15 is 0 Å². The van der Waals surface area contributed by atoms with Crippen molar-refractivity contribution in [2.75, 3.05) is 12.8 Å². The molecule has 0 aliphatic carbocycles. The number of imidazole rings is 1. The van der Waals surface area contributed by atoms with Crippen LogP contribution in [0.15, 0.2) is 18.2 Å². The third-order valence-electron chi connectivity index (χ3n) is 2.51. The molecular weight excluding hydrogens is 225 g/mol. The van der Waals surface area contributed by atoms with Crippen LogP contribution in [0.1, 0.15) is 6.42 Å². The zero-order valence-corrected chi connectivity index (χ0v) is 9.31. The van der Waals surface area contributed by atoms with Crippen LogP contribution in [0.5, 0.6) is 0 Å². The Morgan fingerprint density at radius 2 is 2.35 bits per heavy atom. The minimum absolute atomic E-state index is 0.198. The fourth-order valence-electron chi connectivity index (χ4n) is 1.66. The second-order valence-corrected chi connectivity index (χ2v) is 3.58. The lowest BCUT2D eigenvalue weighted by atomic mass is 10.3. The molecule has 17 heavy (non-hydrogen) atoms. The molecule has 90 valence electrons. The number of aromatic nitrogens is 2. The Balaban J connectivity index is 2.33. The van der Waals surface area contributed by atoms with Gasteiger partial charge in [-0.1, -0.05) is 0 Å². The van der Waals surface area contributed by atoms with Crippen molar-refractivity contribution < 1.29 is 13.9 Å². The van der Waals surface area contributed by atoms with Crippen molar-refractivity contribution in [1.29, 1.82) is 0 Å². The number of methoxy groups -OCH3 is 1. The van der Waals surface area contributed by atoms with E-state index in [2.05, 4.69) is 9.72 Å². The van der Waals surface area contributed by atoms with Crippen LogP contribution in [0.3, 0.4) is 0 Å².